The van der Waals surface area contributed by atoms with Crippen LogP contribution in [0.1, 0.15) is 11.1 Å². The van der Waals surface area contributed by atoms with Crippen LogP contribution in [0.15, 0.2) is 48.5 Å². The summed E-state index contributed by atoms with van der Waals surface area (Å²) in [5, 5.41) is 2.59. The second kappa shape index (κ2) is 7.99. The van der Waals surface area contributed by atoms with Crippen molar-refractivity contribution in [2.45, 2.75) is 13.0 Å². The first-order valence-corrected chi connectivity index (χ1v) is 6.88. The van der Waals surface area contributed by atoms with Gasteiger partial charge in [-0.1, -0.05) is 36.4 Å². The topological polar surface area (TPSA) is 76.4 Å². The second-order valence-corrected chi connectivity index (χ2v) is 4.69. The first kappa shape index (κ1) is 15.8. The number of carbonyl (C=O) groups excluding carboxylic acids is 1. The highest BCUT2D eigenvalue weighted by atomic mass is 19.1. The molecule has 2 rings (SSSR count). The van der Waals surface area contributed by atoms with E-state index in [1.807, 2.05) is 30.3 Å². The summed E-state index contributed by atoms with van der Waals surface area (Å²) < 4.78 is 18.8. The lowest BCUT2D eigenvalue weighted by Crippen LogP contribution is -2.26. The minimum atomic E-state index is -0.524. The number of anilines is 1. The van der Waals surface area contributed by atoms with Gasteiger partial charge >= 0.3 is 6.09 Å². The number of hydrogen-bond donors (Lipinski definition) is 3. The van der Waals surface area contributed by atoms with Crippen LogP contribution in [0.2, 0.25) is 0 Å². The van der Waals surface area contributed by atoms with Crippen LogP contribution < -0.4 is 16.6 Å². The number of halogens is 1. The first-order chi connectivity index (χ1) is 10.7. The summed E-state index contributed by atoms with van der Waals surface area (Å²) in [5.41, 5.74) is 4.28. The van der Waals surface area contributed by atoms with E-state index in [4.69, 9.17) is 10.6 Å². The number of alkyl carbamates (subject to hydrolysis) is 1. The number of nitrogens with one attached hydrogen (secondary N) is 2. The van der Waals surface area contributed by atoms with Crippen LogP contribution in [0.5, 0.6) is 0 Å². The van der Waals surface area contributed by atoms with Gasteiger partial charge in [0.2, 0.25) is 0 Å². The molecule has 22 heavy (non-hydrogen) atoms. The summed E-state index contributed by atoms with van der Waals surface area (Å²) in [5.74, 6) is 4.83. The Kier molecular flexibility index (Phi) is 5.73. The van der Waals surface area contributed by atoms with Crippen molar-refractivity contribution in [2.24, 2.45) is 5.84 Å². The third-order valence-corrected chi connectivity index (χ3v) is 3.10. The highest BCUT2D eigenvalue weighted by Crippen LogP contribution is 2.13. The van der Waals surface area contributed by atoms with Crippen LogP contribution in [0, 0.1) is 5.82 Å². The summed E-state index contributed by atoms with van der Waals surface area (Å²) in [6, 6.07) is 14.0. The van der Waals surface area contributed by atoms with Crippen molar-refractivity contribution >= 4 is 11.8 Å². The predicted molar refractivity (Wildman–Crippen MR) is 82.5 cm³/mol. The fourth-order valence-corrected chi connectivity index (χ4v) is 1.91. The molecule has 5 nitrogen and oxygen atoms in total. The van der Waals surface area contributed by atoms with E-state index >= 15 is 0 Å². The first-order valence-electron chi connectivity index (χ1n) is 6.88. The minimum absolute atomic E-state index is 0.206. The number of ether oxygens (including phenoxy) is 1. The van der Waals surface area contributed by atoms with Gasteiger partial charge in [-0.05, 0) is 29.7 Å². The highest BCUT2D eigenvalue weighted by Gasteiger charge is 2.06. The van der Waals surface area contributed by atoms with Crippen LogP contribution in [-0.2, 0) is 17.8 Å². The van der Waals surface area contributed by atoms with Crippen molar-refractivity contribution in [3.8, 4) is 0 Å². The SMILES string of the molecule is NNc1ccc(CCNC(=O)OCc2ccccc2)c(F)c1. The molecule has 0 saturated carbocycles. The molecule has 0 aliphatic heterocycles. The van der Waals surface area contributed by atoms with E-state index in [1.165, 1.54) is 6.07 Å². The summed E-state index contributed by atoms with van der Waals surface area (Å²) in [4.78, 5) is 11.5. The van der Waals surface area contributed by atoms with Crippen molar-refractivity contribution < 1.29 is 13.9 Å². The van der Waals surface area contributed by atoms with E-state index in [0.29, 0.717) is 24.2 Å². The van der Waals surface area contributed by atoms with Crippen LogP contribution in [0.25, 0.3) is 0 Å². The molecular weight excluding hydrogens is 285 g/mol. The molecule has 2 aromatic carbocycles. The smallest absolute Gasteiger partial charge is 0.407 e. The number of hydrogen-bond acceptors (Lipinski definition) is 4. The lowest BCUT2D eigenvalue weighted by Gasteiger charge is -2.08. The fraction of sp³-hybridized carbons (Fsp3) is 0.188. The molecule has 116 valence electrons. The molecule has 0 aliphatic rings. The van der Waals surface area contributed by atoms with E-state index in [9.17, 15) is 9.18 Å². The largest absolute Gasteiger partial charge is 0.445 e. The van der Waals surface area contributed by atoms with Gasteiger partial charge in [-0.25, -0.2) is 9.18 Å². The number of nitrogens with two attached hydrogens (primary N) is 1. The molecule has 0 aliphatic carbocycles. The maximum atomic E-state index is 13.7. The Morgan fingerprint density at radius 3 is 2.64 bits per heavy atom. The summed E-state index contributed by atoms with van der Waals surface area (Å²) in [6.07, 6.45) is -0.151. The fourth-order valence-electron chi connectivity index (χ4n) is 1.91. The number of benzene rings is 2. The van der Waals surface area contributed by atoms with Gasteiger partial charge in [-0.15, -0.1) is 0 Å². The Bertz CT molecular complexity index is 620. The second-order valence-electron chi connectivity index (χ2n) is 4.69. The molecule has 2 aromatic rings. The molecule has 0 heterocycles. The average Bonchev–Trinajstić information content (AvgIpc) is 2.55. The van der Waals surface area contributed by atoms with Crippen molar-refractivity contribution in [1.82, 2.24) is 5.32 Å². The Hall–Kier alpha value is -2.60. The molecule has 0 atom stereocenters. The van der Waals surface area contributed by atoms with Gasteiger partial charge in [-0.2, -0.15) is 0 Å². The van der Waals surface area contributed by atoms with E-state index in [-0.39, 0.29) is 12.4 Å². The monoisotopic (exact) mass is 303 g/mol. The van der Waals surface area contributed by atoms with E-state index in [0.717, 1.165) is 5.56 Å². The lowest BCUT2D eigenvalue weighted by molar-refractivity contribution is 0.140. The lowest BCUT2D eigenvalue weighted by atomic mass is 10.1. The van der Waals surface area contributed by atoms with Gasteiger partial charge in [0.1, 0.15) is 12.4 Å². The van der Waals surface area contributed by atoms with E-state index in [1.54, 1.807) is 12.1 Å². The zero-order valence-electron chi connectivity index (χ0n) is 12.0. The molecule has 1 amide bonds. The van der Waals surface area contributed by atoms with Crippen LogP contribution in [0.4, 0.5) is 14.9 Å². The van der Waals surface area contributed by atoms with Crippen molar-refractivity contribution in [1.29, 1.82) is 0 Å². The Morgan fingerprint density at radius 2 is 1.95 bits per heavy atom. The van der Waals surface area contributed by atoms with E-state index in [2.05, 4.69) is 10.7 Å². The van der Waals surface area contributed by atoms with Gasteiger partial charge < -0.3 is 15.5 Å². The summed E-state index contributed by atoms with van der Waals surface area (Å²) in [6.45, 7) is 0.498. The molecule has 0 saturated heterocycles. The number of carbonyl (C=O) groups is 1. The maximum Gasteiger partial charge on any atom is 0.407 e. The third-order valence-electron chi connectivity index (χ3n) is 3.10. The van der Waals surface area contributed by atoms with Crippen LogP contribution in [-0.4, -0.2) is 12.6 Å². The molecule has 0 aromatic heterocycles. The molecule has 0 radical (unpaired) electrons. The van der Waals surface area contributed by atoms with Gasteiger partial charge in [0.25, 0.3) is 0 Å². The average molecular weight is 303 g/mol. The van der Waals surface area contributed by atoms with Gasteiger partial charge in [0.15, 0.2) is 0 Å². The molecule has 6 heteroatoms. The zero-order valence-corrected chi connectivity index (χ0v) is 12.0. The summed E-state index contributed by atoms with van der Waals surface area (Å²) >= 11 is 0. The Labute approximate surface area is 128 Å². The van der Waals surface area contributed by atoms with Crippen molar-refractivity contribution in [3.05, 3.63) is 65.5 Å². The molecule has 0 unspecified atom stereocenters. The Balaban J connectivity index is 1.73. The van der Waals surface area contributed by atoms with Crippen molar-refractivity contribution in [3.63, 3.8) is 0 Å². The highest BCUT2D eigenvalue weighted by molar-refractivity contribution is 5.67. The van der Waals surface area contributed by atoms with E-state index < -0.39 is 6.09 Å². The molecule has 4 N–H and O–H groups in total. The minimum Gasteiger partial charge on any atom is -0.445 e. The molecule has 0 spiro atoms. The van der Waals surface area contributed by atoms with Crippen LogP contribution in [0.3, 0.4) is 0 Å². The number of nitrogen functional groups attached to an aromatic ring is 1. The quantitative estimate of drug-likeness (QED) is 0.566. The Morgan fingerprint density at radius 1 is 1.18 bits per heavy atom. The number of hydrazine groups is 1. The van der Waals surface area contributed by atoms with Crippen LogP contribution >= 0.6 is 0 Å². The summed E-state index contributed by atoms with van der Waals surface area (Å²) in [7, 11) is 0. The number of rotatable bonds is 6. The standard InChI is InChI=1S/C16H18FN3O2/c17-15-10-14(20-18)7-6-13(15)8-9-19-16(21)22-11-12-4-2-1-3-5-12/h1-7,10,20H,8-9,11,18H2,(H,19,21). The zero-order chi connectivity index (χ0) is 15.8. The van der Waals surface area contributed by atoms with Crippen molar-refractivity contribution in [2.75, 3.05) is 12.0 Å². The maximum absolute atomic E-state index is 13.7. The van der Waals surface area contributed by atoms with Gasteiger partial charge in [0.05, 0.1) is 5.69 Å². The normalized spacial score (nSPS) is 10.1. The van der Waals surface area contributed by atoms with Gasteiger partial charge in [0, 0.05) is 6.54 Å². The molecular formula is C16H18FN3O2. The third kappa shape index (κ3) is 4.75. The molecule has 0 bridgehead atoms. The predicted octanol–water partition coefficient (Wildman–Crippen LogP) is 2.58. The number of amides is 1. The molecule has 0 fully saturated rings. The van der Waals surface area contributed by atoms with Gasteiger partial charge in [-0.3, -0.25) is 5.84 Å².